The number of nitrogens with two attached hydrogens (primary N) is 3. The monoisotopic (exact) mass is 416 g/mol. The second kappa shape index (κ2) is 10.2. The Labute approximate surface area is 184 Å². The van der Waals surface area contributed by atoms with Crippen molar-refractivity contribution in [2.45, 2.75) is 45.7 Å². The van der Waals surface area contributed by atoms with Crippen molar-refractivity contribution in [3.63, 3.8) is 0 Å². The van der Waals surface area contributed by atoms with Crippen molar-refractivity contribution in [2.24, 2.45) is 17.2 Å². The molecule has 162 valence electrons. The van der Waals surface area contributed by atoms with Crippen molar-refractivity contribution in [1.82, 2.24) is 14.8 Å². The number of pyridine rings is 1. The molecule has 3 aromatic rings. The molecule has 0 aliphatic heterocycles. The van der Waals surface area contributed by atoms with Gasteiger partial charge in [0.1, 0.15) is 0 Å². The third kappa shape index (κ3) is 5.10. The molecular weight excluding hydrogens is 384 g/mol. The minimum atomic E-state index is -0.114. The average molecular weight is 417 g/mol. The first-order valence-electron chi connectivity index (χ1n) is 10.7. The van der Waals surface area contributed by atoms with Gasteiger partial charge in [0, 0.05) is 23.7 Å². The fraction of sp³-hybridized carbons (Fsp3) is 0.280. The van der Waals surface area contributed by atoms with Gasteiger partial charge in [-0.25, -0.2) is 9.67 Å². The minimum Gasteiger partial charge on any atom is -0.401 e. The van der Waals surface area contributed by atoms with E-state index in [1.165, 1.54) is 5.56 Å². The Morgan fingerprint density at radius 3 is 2.77 bits per heavy atom. The van der Waals surface area contributed by atoms with Crippen LogP contribution in [0, 0.1) is 0 Å². The first-order valence-corrected chi connectivity index (χ1v) is 10.7. The molecule has 0 spiro atoms. The van der Waals surface area contributed by atoms with Crippen molar-refractivity contribution in [1.29, 1.82) is 0 Å². The Morgan fingerprint density at radius 1 is 1.26 bits per heavy atom. The average Bonchev–Trinajstić information content (AvgIpc) is 3.22. The molecule has 0 unspecified atom stereocenters. The van der Waals surface area contributed by atoms with Gasteiger partial charge in [-0.1, -0.05) is 51.1 Å². The van der Waals surface area contributed by atoms with Crippen LogP contribution in [0.2, 0.25) is 0 Å². The lowest BCUT2D eigenvalue weighted by Gasteiger charge is -2.10. The highest BCUT2D eigenvalue weighted by molar-refractivity contribution is 5.88. The van der Waals surface area contributed by atoms with Gasteiger partial charge in [-0.2, -0.15) is 5.10 Å². The van der Waals surface area contributed by atoms with Crippen LogP contribution in [0.25, 0.3) is 22.3 Å². The van der Waals surface area contributed by atoms with Gasteiger partial charge >= 0.3 is 0 Å². The first kappa shape index (κ1) is 22.5. The predicted molar refractivity (Wildman–Crippen MR) is 129 cm³/mol. The SMILES string of the molecule is C=C(/C=C\C=C(/N)[C@@H](N)CCC)c1cc(CC)c2cnn(-c3cccc(CN)n3)c2c1. The van der Waals surface area contributed by atoms with E-state index in [0.717, 1.165) is 52.8 Å². The lowest BCUT2D eigenvalue weighted by molar-refractivity contribution is 0.668. The smallest absolute Gasteiger partial charge is 0.154 e. The van der Waals surface area contributed by atoms with E-state index in [4.69, 9.17) is 17.2 Å². The number of benzene rings is 1. The number of fused-ring (bicyclic) bond motifs is 1. The molecule has 0 saturated carbocycles. The van der Waals surface area contributed by atoms with Gasteiger partial charge in [0.25, 0.3) is 0 Å². The molecule has 0 bridgehead atoms. The van der Waals surface area contributed by atoms with E-state index in [-0.39, 0.29) is 6.04 Å². The van der Waals surface area contributed by atoms with Crippen molar-refractivity contribution in [2.75, 3.05) is 0 Å². The van der Waals surface area contributed by atoms with E-state index >= 15 is 0 Å². The van der Waals surface area contributed by atoms with Gasteiger partial charge in [0.2, 0.25) is 0 Å². The molecule has 1 aromatic carbocycles. The van der Waals surface area contributed by atoms with Gasteiger partial charge in [-0.3, -0.25) is 0 Å². The quantitative estimate of drug-likeness (QED) is 0.457. The van der Waals surface area contributed by atoms with E-state index in [1.54, 1.807) is 0 Å². The standard InChI is InChI=1S/C25H32N6/c1-4-8-22(27)23(28)11-6-9-17(3)19-13-18(5-2)21-16-29-31(24(21)14-19)25-12-7-10-20(15-26)30-25/h6-7,9-14,16,22H,3-5,8,15,26-28H2,1-2H3/b9-6-,23-11-/t22-/m0/s1. The summed E-state index contributed by atoms with van der Waals surface area (Å²) in [6.45, 7) is 8.87. The van der Waals surface area contributed by atoms with Crippen molar-refractivity contribution < 1.29 is 0 Å². The maximum absolute atomic E-state index is 6.07. The molecule has 0 aliphatic carbocycles. The lowest BCUT2D eigenvalue weighted by atomic mass is 9.99. The van der Waals surface area contributed by atoms with Crippen LogP contribution >= 0.6 is 0 Å². The fourth-order valence-electron chi connectivity index (χ4n) is 3.53. The highest BCUT2D eigenvalue weighted by Gasteiger charge is 2.12. The second-order valence-corrected chi connectivity index (χ2v) is 7.62. The van der Waals surface area contributed by atoms with Gasteiger partial charge in [0.05, 0.1) is 17.4 Å². The topological polar surface area (TPSA) is 109 Å². The Hall–Kier alpha value is -3.22. The van der Waals surface area contributed by atoms with Crippen LogP contribution in [0.1, 0.15) is 43.5 Å². The maximum Gasteiger partial charge on any atom is 0.154 e. The van der Waals surface area contributed by atoms with Gasteiger partial charge in [-0.05, 0) is 53.8 Å². The molecule has 0 radical (unpaired) electrons. The first-order chi connectivity index (χ1) is 15.0. The minimum absolute atomic E-state index is 0.114. The number of allylic oxidation sites excluding steroid dienone is 4. The van der Waals surface area contributed by atoms with Crippen LogP contribution in [0.5, 0.6) is 0 Å². The molecular formula is C25H32N6. The summed E-state index contributed by atoms with van der Waals surface area (Å²) in [5.74, 6) is 0.749. The van der Waals surface area contributed by atoms with Crippen LogP contribution in [0.3, 0.4) is 0 Å². The molecule has 6 N–H and O–H groups in total. The van der Waals surface area contributed by atoms with E-state index in [0.29, 0.717) is 12.2 Å². The molecule has 6 nitrogen and oxygen atoms in total. The summed E-state index contributed by atoms with van der Waals surface area (Å²) in [5, 5.41) is 5.71. The van der Waals surface area contributed by atoms with E-state index < -0.39 is 0 Å². The second-order valence-electron chi connectivity index (χ2n) is 7.62. The third-order valence-electron chi connectivity index (χ3n) is 5.36. The van der Waals surface area contributed by atoms with Gasteiger partial charge in [0.15, 0.2) is 5.82 Å². The normalized spacial score (nSPS) is 13.2. The highest BCUT2D eigenvalue weighted by atomic mass is 15.3. The molecule has 0 aliphatic rings. The molecule has 0 fully saturated rings. The summed E-state index contributed by atoms with van der Waals surface area (Å²) in [4.78, 5) is 4.62. The number of aryl methyl sites for hydroxylation is 1. The van der Waals surface area contributed by atoms with E-state index in [1.807, 2.05) is 47.3 Å². The fourth-order valence-corrected chi connectivity index (χ4v) is 3.53. The van der Waals surface area contributed by atoms with Crippen LogP contribution < -0.4 is 17.2 Å². The Bertz CT molecular complexity index is 1120. The van der Waals surface area contributed by atoms with Gasteiger partial charge in [-0.15, -0.1) is 0 Å². The zero-order valence-electron chi connectivity index (χ0n) is 18.4. The summed E-state index contributed by atoms with van der Waals surface area (Å²) in [7, 11) is 0. The molecule has 2 aromatic heterocycles. The van der Waals surface area contributed by atoms with Crippen LogP contribution in [-0.2, 0) is 13.0 Å². The molecule has 2 heterocycles. The molecule has 6 heteroatoms. The number of hydrogen-bond donors (Lipinski definition) is 3. The Balaban J connectivity index is 1.97. The zero-order valence-corrected chi connectivity index (χ0v) is 18.4. The molecule has 0 amide bonds. The van der Waals surface area contributed by atoms with Crippen LogP contribution in [0.4, 0.5) is 0 Å². The van der Waals surface area contributed by atoms with Gasteiger partial charge < -0.3 is 17.2 Å². The summed E-state index contributed by atoms with van der Waals surface area (Å²) in [6, 6.07) is 9.95. The number of rotatable bonds is 9. The highest BCUT2D eigenvalue weighted by Crippen LogP contribution is 2.27. The Morgan fingerprint density at radius 2 is 2.06 bits per heavy atom. The van der Waals surface area contributed by atoms with Crippen LogP contribution in [0.15, 0.2) is 67.0 Å². The van der Waals surface area contributed by atoms with Crippen molar-refractivity contribution >= 4 is 16.5 Å². The summed E-state index contributed by atoms with van der Waals surface area (Å²) in [5.41, 5.74) is 23.5. The number of nitrogens with zero attached hydrogens (tertiary/aromatic N) is 3. The zero-order chi connectivity index (χ0) is 22.4. The molecule has 0 saturated heterocycles. The number of hydrogen-bond acceptors (Lipinski definition) is 5. The van der Waals surface area contributed by atoms with Crippen LogP contribution in [-0.4, -0.2) is 20.8 Å². The van der Waals surface area contributed by atoms with Crippen molar-refractivity contribution in [3.8, 4) is 5.82 Å². The lowest BCUT2D eigenvalue weighted by Crippen LogP contribution is -2.26. The Kier molecular flexibility index (Phi) is 7.39. The molecule has 31 heavy (non-hydrogen) atoms. The molecule has 1 atom stereocenters. The number of aromatic nitrogens is 3. The maximum atomic E-state index is 6.07. The summed E-state index contributed by atoms with van der Waals surface area (Å²) < 4.78 is 1.86. The molecule has 3 rings (SSSR count). The summed E-state index contributed by atoms with van der Waals surface area (Å²) >= 11 is 0. The van der Waals surface area contributed by atoms with E-state index in [9.17, 15) is 0 Å². The summed E-state index contributed by atoms with van der Waals surface area (Å²) in [6.07, 6.45) is 10.4. The third-order valence-corrected chi connectivity index (χ3v) is 5.36. The van der Waals surface area contributed by atoms with Crippen molar-refractivity contribution in [3.05, 3.63) is 83.9 Å². The largest absolute Gasteiger partial charge is 0.401 e. The predicted octanol–water partition coefficient (Wildman–Crippen LogP) is 3.98. The van der Waals surface area contributed by atoms with E-state index in [2.05, 4.69) is 42.6 Å².